The molecule has 0 spiro atoms. The number of allylic oxidation sites excluding steroid dienone is 2. The minimum atomic E-state index is -5.31. The molecule has 0 aliphatic carbocycles. The Morgan fingerprint density at radius 1 is 1.23 bits per heavy atom. The highest BCUT2D eigenvalue weighted by Crippen LogP contribution is 2.24. The summed E-state index contributed by atoms with van der Waals surface area (Å²) in [6.07, 6.45) is 1.94. The molecule has 0 unspecified atom stereocenters. The van der Waals surface area contributed by atoms with Gasteiger partial charge in [-0.2, -0.15) is 26.0 Å². The van der Waals surface area contributed by atoms with Gasteiger partial charge in [0, 0.05) is 11.4 Å². The minimum Gasteiger partial charge on any atom is -0.399 e. The summed E-state index contributed by atoms with van der Waals surface area (Å²) < 4.78 is 57.2. The molecule has 2 N–H and O–H groups in total. The number of hydrogen-bond acceptors (Lipinski definition) is 7. The fraction of sp³-hybridized carbons (Fsp3) is 0.462. The molecule has 8 nitrogen and oxygen atoms in total. The van der Waals surface area contributed by atoms with Crippen molar-refractivity contribution in [1.82, 2.24) is 0 Å². The first-order valence-electron chi connectivity index (χ1n) is 6.55. The van der Waals surface area contributed by atoms with Crippen LogP contribution >= 0.6 is 12.2 Å². The zero-order valence-electron chi connectivity index (χ0n) is 14.9. The smallest absolute Gasteiger partial charge is 0.399 e. The lowest BCUT2D eigenvalue weighted by atomic mass is 10.5. The molecule has 0 fully saturated rings. The Morgan fingerprint density at radius 3 is 1.77 bits per heavy atom. The molecule has 0 atom stereocenters. The molecule has 0 aromatic carbocycles. The zero-order chi connectivity index (χ0) is 21.7. The van der Waals surface area contributed by atoms with E-state index in [9.17, 15) is 31.7 Å². The first kappa shape index (κ1) is 28.6. The molecule has 13 heteroatoms. The number of halogens is 3. The molecule has 0 aromatic rings. The number of aliphatic imine (C=N–C) groups is 1. The summed E-state index contributed by atoms with van der Waals surface area (Å²) in [6.45, 7) is 11.2. The summed E-state index contributed by atoms with van der Waals surface area (Å²) >= 11 is 4.54. The Labute approximate surface area is 155 Å². The van der Waals surface area contributed by atoms with Gasteiger partial charge in [0.05, 0.1) is 11.1 Å². The number of alkyl halides is 3. The summed E-state index contributed by atoms with van der Waals surface area (Å²) in [4.78, 5) is 14.1. The van der Waals surface area contributed by atoms with Crippen LogP contribution < -0.4 is 5.73 Å². The van der Waals surface area contributed by atoms with Crippen LogP contribution in [-0.2, 0) is 10.0 Å². The van der Waals surface area contributed by atoms with Gasteiger partial charge >= 0.3 is 21.2 Å². The maximum Gasteiger partial charge on any atom is 0.518 e. The van der Waals surface area contributed by atoms with Gasteiger partial charge in [-0.3, -0.25) is 15.1 Å². The van der Waals surface area contributed by atoms with Crippen molar-refractivity contribution in [3.63, 3.8) is 0 Å². The van der Waals surface area contributed by atoms with Crippen molar-refractivity contribution in [2.45, 2.75) is 40.1 Å². The number of sulfonamides is 1. The van der Waals surface area contributed by atoms with Gasteiger partial charge in [-0.25, -0.2) is 0 Å². The molecule has 0 heterocycles. The van der Waals surface area contributed by atoms with E-state index in [1.165, 1.54) is 13.8 Å². The van der Waals surface area contributed by atoms with Crippen LogP contribution in [0.15, 0.2) is 33.6 Å². The Kier molecular flexibility index (Phi) is 14.4. The largest absolute Gasteiger partial charge is 0.518 e. The molecule has 0 amide bonds. The predicted molar refractivity (Wildman–Crippen MR) is 100 cm³/mol. The van der Waals surface area contributed by atoms with Crippen LogP contribution in [0.5, 0.6) is 0 Å². The van der Waals surface area contributed by atoms with Crippen LogP contribution in [-0.4, -0.2) is 35.6 Å². The van der Waals surface area contributed by atoms with Gasteiger partial charge in [0.1, 0.15) is 6.21 Å². The Balaban J connectivity index is -0.000000338. The SMILES string of the molecule is C=C(C)N=CC(=CN)[N+](=O)[O-].CC(C)=NS(=O)(=O)C(F)(F)F.CC(C)=S. The number of rotatable bonds is 4. The third kappa shape index (κ3) is 18.2. The fourth-order valence-corrected chi connectivity index (χ4v) is 1.20. The van der Waals surface area contributed by atoms with Crippen LogP contribution in [0.1, 0.15) is 34.6 Å². The number of hydrogen-bond donors (Lipinski definition) is 1. The van der Waals surface area contributed by atoms with Crippen molar-refractivity contribution in [2.75, 3.05) is 0 Å². The van der Waals surface area contributed by atoms with E-state index in [0.29, 0.717) is 5.70 Å². The molecule has 0 saturated heterocycles. The highest BCUT2D eigenvalue weighted by molar-refractivity contribution is 7.91. The Hall–Kier alpha value is -2.15. The monoisotopic (exact) mass is 418 g/mol. The minimum absolute atomic E-state index is 0.151. The van der Waals surface area contributed by atoms with Crippen molar-refractivity contribution in [3.8, 4) is 0 Å². The van der Waals surface area contributed by atoms with Crippen LogP contribution in [0.25, 0.3) is 0 Å². The number of nitro groups is 1. The summed E-state index contributed by atoms with van der Waals surface area (Å²) in [7, 11) is -5.31. The summed E-state index contributed by atoms with van der Waals surface area (Å²) in [6, 6.07) is 0. The molecule has 0 saturated carbocycles. The van der Waals surface area contributed by atoms with Gasteiger partial charge in [0.15, 0.2) is 0 Å². The maximum atomic E-state index is 11.5. The van der Waals surface area contributed by atoms with Gasteiger partial charge < -0.3 is 5.73 Å². The maximum absolute atomic E-state index is 11.5. The van der Waals surface area contributed by atoms with Crippen molar-refractivity contribution in [3.05, 3.63) is 34.3 Å². The molecule has 0 aliphatic heterocycles. The van der Waals surface area contributed by atoms with Gasteiger partial charge in [-0.1, -0.05) is 18.8 Å². The summed E-state index contributed by atoms with van der Waals surface area (Å²) in [5.41, 5.74) is -0.253. The average Bonchev–Trinajstić information content (AvgIpc) is 2.35. The van der Waals surface area contributed by atoms with E-state index in [2.05, 4.69) is 28.2 Å². The summed E-state index contributed by atoms with van der Waals surface area (Å²) in [5, 5.41) is 10.1. The topological polar surface area (TPSA) is 128 Å². The van der Waals surface area contributed by atoms with E-state index in [1.54, 1.807) is 6.92 Å². The first-order valence-corrected chi connectivity index (χ1v) is 8.40. The third-order valence-corrected chi connectivity index (χ3v) is 2.58. The Bertz CT molecular complexity index is 689. The second-order valence-electron chi connectivity index (χ2n) is 4.71. The standard InChI is InChI=1S/C6H9N3O2.C4H6F3NO2S.C3H6S/c1-5(2)8-4-6(3-7)9(10)11;1-3(2)8-11(9,10)4(5,6)7;1-3(2)4/h3-4H,1,7H2,2H3;1-2H3;1-2H3. The van der Waals surface area contributed by atoms with Crippen molar-refractivity contribution in [1.29, 1.82) is 0 Å². The van der Waals surface area contributed by atoms with Crippen molar-refractivity contribution >= 4 is 39.0 Å². The van der Waals surface area contributed by atoms with Gasteiger partial charge in [-0.05, 0) is 39.5 Å². The second kappa shape index (κ2) is 13.1. The molecule has 0 bridgehead atoms. The van der Waals surface area contributed by atoms with Crippen molar-refractivity contribution < 1.29 is 26.5 Å². The molecule has 0 aromatic heterocycles. The van der Waals surface area contributed by atoms with Crippen LogP contribution in [0.4, 0.5) is 13.2 Å². The first-order chi connectivity index (χ1) is 11.5. The number of nitrogens with zero attached hydrogens (tertiary/aromatic N) is 3. The molecule has 0 rings (SSSR count). The van der Waals surface area contributed by atoms with Gasteiger partial charge in [0.25, 0.3) is 0 Å². The third-order valence-electron chi connectivity index (χ3n) is 1.39. The zero-order valence-corrected chi connectivity index (χ0v) is 16.5. The van der Waals surface area contributed by atoms with E-state index in [4.69, 9.17) is 5.73 Å². The van der Waals surface area contributed by atoms with Gasteiger partial charge in [0.2, 0.25) is 0 Å². The van der Waals surface area contributed by atoms with Crippen LogP contribution in [0.3, 0.4) is 0 Å². The Morgan fingerprint density at radius 2 is 1.62 bits per heavy atom. The molecule has 26 heavy (non-hydrogen) atoms. The second-order valence-corrected chi connectivity index (χ2v) is 7.12. The van der Waals surface area contributed by atoms with E-state index in [0.717, 1.165) is 17.3 Å². The molecule has 150 valence electrons. The summed E-state index contributed by atoms with van der Waals surface area (Å²) in [5.74, 6) is 0. The lowest BCUT2D eigenvalue weighted by Crippen LogP contribution is -2.21. The van der Waals surface area contributed by atoms with E-state index in [-0.39, 0.29) is 11.4 Å². The van der Waals surface area contributed by atoms with Crippen LogP contribution in [0, 0.1) is 10.1 Å². The predicted octanol–water partition coefficient (Wildman–Crippen LogP) is 3.38. The quantitative estimate of drug-likeness (QED) is 0.323. The van der Waals surface area contributed by atoms with E-state index in [1.807, 2.05) is 13.8 Å². The molecular weight excluding hydrogens is 397 g/mol. The molecule has 0 radical (unpaired) electrons. The molecule has 0 aliphatic rings. The molecular formula is C13H21F3N4O4S2. The highest BCUT2D eigenvalue weighted by Gasteiger charge is 2.45. The average molecular weight is 418 g/mol. The number of nitrogens with two attached hydrogens (primary N) is 1. The van der Waals surface area contributed by atoms with Crippen LogP contribution in [0.2, 0.25) is 0 Å². The highest BCUT2D eigenvalue weighted by atomic mass is 32.2. The van der Waals surface area contributed by atoms with E-state index >= 15 is 0 Å². The van der Waals surface area contributed by atoms with Crippen molar-refractivity contribution in [2.24, 2.45) is 15.1 Å². The van der Waals surface area contributed by atoms with E-state index < -0.39 is 20.5 Å². The van der Waals surface area contributed by atoms with Gasteiger partial charge in [-0.15, -0.1) is 0 Å². The normalized spacial score (nSPS) is 11.5. The fourth-order valence-electron chi connectivity index (χ4n) is 0.619. The lowest BCUT2D eigenvalue weighted by Gasteiger charge is -2.01. The number of thiocarbonyl (C=S) groups is 1. The lowest BCUT2D eigenvalue weighted by molar-refractivity contribution is -0.414.